The van der Waals surface area contributed by atoms with Gasteiger partial charge < -0.3 is 34.6 Å². The van der Waals surface area contributed by atoms with Gasteiger partial charge in [-0.15, -0.1) is 0 Å². The van der Waals surface area contributed by atoms with Crippen LogP contribution in [0.3, 0.4) is 0 Å². The van der Waals surface area contributed by atoms with E-state index in [1.165, 1.54) is 134 Å². The van der Waals surface area contributed by atoms with Gasteiger partial charge in [0.05, 0.1) is 11.7 Å². The van der Waals surface area contributed by atoms with Crippen LogP contribution in [-0.2, 0) is 23.8 Å². The Labute approximate surface area is 431 Å². The van der Waals surface area contributed by atoms with Gasteiger partial charge in [-0.25, -0.2) is 0 Å². The quantitative estimate of drug-likeness (QED) is 0.0349. The molecule has 2 rings (SSSR count). The second-order valence-corrected chi connectivity index (χ2v) is 25.2. The average Bonchev–Trinajstić information content (AvgIpc) is 3.29. The summed E-state index contributed by atoms with van der Waals surface area (Å²) in [6.45, 7) is 26.4. The summed E-state index contributed by atoms with van der Waals surface area (Å²) in [6.07, 6.45) is 26.4. The van der Waals surface area contributed by atoms with Crippen LogP contribution in [-0.4, -0.2) is 81.2 Å². The van der Waals surface area contributed by atoms with Gasteiger partial charge in [0.1, 0.15) is 31.0 Å². The maximum Gasteiger partial charge on any atom is 0.305 e. The Balaban J connectivity index is 1.54. The lowest BCUT2D eigenvalue weighted by Crippen LogP contribution is -2.61. The number of esters is 1. The number of carbonyl (C=O) groups excluding carboxylic acids is 2. The molecule has 0 aromatic carbocycles. The Hall–Kier alpha value is -1.36. The van der Waals surface area contributed by atoms with Crippen LogP contribution in [0.5, 0.6) is 0 Å². The normalized spacial score (nSPS) is 23.6. The second kappa shape index (κ2) is 35.0. The third-order valence-electron chi connectivity index (χ3n) is 16.8. The number of hydrogen-bond donors (Lipinski definition) is 4. The lowest BCUT2D eigenvalue weighted by molar-refractivity contribution is -0.331. The summed E-state index contributed by atoms with van der Waals surface area (Å²) in [5.74, 6) is 4.26. The summed E-state index contributed by atoms with van der Waals surface area (Å²) >= 11 is 0. The molecule has 0 saturated carbocycles. The van der Waals surface area contributed by atoms with Gasteiger partial charge in [0.2, 0.25) is 0 Å². The highest BCUT2D eigenvalue weighted by molar-refractivity contribution is 5.96. The first-order valence-corrected chi connectivity index (χ1v) is 29.5. The van der Waals surface area contributed by atoms with Gasteiger partial charge in [0.25, 0.3) is 0 Å². The van der Waals surface area contributed by atoms with Crippen molar-refractivity contribution in [3.05, 3.63) is 11.1 Å². The van der Waals surface area contributed by atoms with Crippen molar-refractivity contribution in [1.82, 2.24) is 0 Å². The van der Waals surface area contributed by atoms with E-state index in [0.717, 1.165) is 74.2 Å². The monoisotopic (exact) mass is 991 g/mol. The van der Waals surface area contributed by atoms with Crippen LogP contribution >= 0.6 is 0 Å². The lowest BCUT2D eigenvalue weighted by atomic mass is 9.70. The first kappa shape index (κ1) is 64.8. The molecule has 5 unspecified atom stereocenters. The molecule has 0 spiro atoms. The molecule has 0 radical (unpaired) electrons. The molecule has 412 valence electrons. The van der Waals surface area contributed by atoms with E-state index in [1.54, 1.807) is 13.8 Å². The number of allylic oxidation sites excluding steroid dienone is 2. The minimum atomic E-state index is -1.55. The van der Waals surface area contributed by atoms with Crippen molar-refractivity contribution in [2.24, 2.45) is 40.9 Å². The number of unbranched alkanes of at least 4 members (excludes halogenated alkanes) is 9. The second-order valence-electron chi connectivity index (χ2n) is 25.2. The van der Waals surface area contributed by atoms with E-state index in [1.807, 2.05) is 0 Å². The van der Waals surface area contributed by atoms with E-state index >= 15 is 0 Å². The number of aliphatic hydroxyl groups is 4. The van der Waals surface area contributed by atoms with Crippen molar-refractivity contribution < 1.29 is 44.2 Å². The molecule has 2 aliphatic rings. The summed E-state index contributed by atoms with van der Waals surface area (Å²) < 4.78 is 17.4. The summed E-state index contributed by atoms with van der Waals surface area (Å²) in [5, 5.41) is 43.3. The number of ketones is 1. The van der Waals surface area contributed by atoms with Gasteiger partial charge >= 0.3 is 5.97 Å². The smallest absolute Gasteiger partial charge is 0.305 e. The average molecular weight is 992 g/mol. The van der Waals surface area contributed by atoms with Gasteiger partial charge in [-0.3, -0.25) is 9.59 Å². The van der Waals surface area contributed by atoms with Crippen molar-refractivity contribution in [3.63, 3.8) is 0 Å². The standard InChI is InChI=1S/C61H114O9/c1-44(2)27-20-18-16-14-13-15-17-19-21-36-55(64)68-43-53-56(65)57(66)58(67)59(69-53)70-61(11,12)54(63)40-38-49(7)35-26-33-47(5)32-24-30-45(3)28-22-23-29-46(4)31-25-34-48(6)37-39-51-50(8)52(62)41-42-60(51,9)10/h44-49,53-54,56-59,63,65-67H,13-43H2,1-12H3/t45?,46?,47?,48?,49?,53-,54-,56+,57-,58+,59-/m0/s1. The summed E-state index contributed by atoms with van der Waals surface area (Å²) in [5.41, 5.74) is 1.55. The minimum absolute atomic E-state index is 0.177. The third kappa shape index (κ3) is 26.7. The molecule has 1 heterocycles. The van der Waals surface area contributed by atoms with E-state index in [-0.39, 0.29) is 24.4 Å². The van der Waals surface area contributed by atoms with Crippen LogP contribution in [0.2, 0.25) is 0 Å². The Morgan fingerprint density at radius 2 is 1.06 bits per heavy atom. The van der Waals surface area contributed by atoms with E-state index in [9.17, 15) is 30.0 Å². The van der Waals surface area contributed by atoms with Gasteiger partial charge in [-0.05, 0) is 106 Å². The van der Waals surface area contributed by atoms with Crippen LogP contribution < -0.4 is 0 Å². The van der Waals surface area contributed by atoms with Gasteiger partial charge in [-0.1, -0.05) is 209 Å². The lowest BCUT2D eigenvalue weighted by Gasteiger charge is -2.44. The van der Waals surface area contributed by atoms with E-state index in [0.29, 0.717) is 30.5 Å². The Kier molecular flexibility index (Phi) is 32.4. The largest absolute Gasteiger partial charge is 0.463 e. The molecule has 4 N–H and O–H groups in total. The molecular weight excluding hydrogens is 877 g/mol. The predicted molar refractivity (Wildman–Crippen MR) is 289 cm³/mol. The van der Waals surface area contributed by atoms with E-state index in [4.69, 9.17) is 14.2 Å². The minimum Gasteiger partial charge on any atom is -0.463 e. The predicted octanol–water partition coefficient (Wildman–Crippen LogP) is 15.0. The fourth-order valence-corrected chi connectivity index (χ4v) is 11.1. The van der Waals surface area contributed by atoms with Gasteiger partial charge in [-0.2, -0.15) is 0 Å². The first-order valence-electron chi connectivity index (χ1n) is 29.5. The van der Waals surface area contributed by atoms with Crippen molar-refractivity contribution in [2.75, 3.05) is 6.61 Å². The molecule has 9 heteroatoms. The van der Waals surface area contributed by atoms with Crippen LogP contribution in [0.4, 0.5) is 0 Å². The zero-order chi connectivity index (χ0) is 52.3. The number of ether oxygens (including phenoxy) is 3. The maximum absolute atomic E-state index is 12.5. The highest BCUT2D eigenvalue weighted by atomic mass is 16.7. The van der Waals surface area contributed by atoms with Crippen molar-refractivity contribution >= 4 is 11.8 Å². The number of aliphatic hydroxyl groups excluding tert-OH is 4. The molecule has 11 atom stereocenters. The zero-order valence-electron chi connectivity index (χ0n) is 47.7. The highest BCUT2D eigenvalue weighted by Gasteiger charge is 2.47. The summed E-state index contributed by atoms with van der Waals surface area (Å²) in [4.78, 5) is 24.8. The van der Waals surface area contributed by atoms with Gasteiger partial charge in [0, 0.05) is 12.8 Å². The fraction of sp³-hybridized carbons (Fsp3) is 0.934. The summed E-state index contributed by atoms with van der Waals surface area (Å²) in [6, 6.07) is 0. The molecule has 0 aromatic rings. The molecule has 0 amide bonds. The maximum atomic E-state index is 12.5. The van der Waals surface area contributed by atoms with Crippen LogP contribution in [0, 0.1) is 40.9 Å². The highest BCUT2D eigenvalue weighted by Crippen LogP contribution is 2.42. The number of rotatable bonds is 40. The third-order valence-corrected chi connectivity index (χ3v) is 16.8. The molecule has 0 aromatic heterocycles. The fourth-order valence-electron chi connectivity index (χ4n) is 11.1. The molecular formula is C61H114O9. The Morgan fingerprint density at radius 1 is 0.614 bits per heavy atom. The van der Waals surface area contributed by atoms with Crippen LogP contribution in [0.1, 0.15) is 276 Å². The van der Waals surface area contributed by atoms with Crippen LogP contribution in [0.15, 0.2) is 11.1 Å². The van der Waals surface area contributed by atoms with Crippen molar-refractivity contribution in [1.29, 1.82) is 0 Å². The molecule has 1 saturated heterocycles. The number of carbonyl (C=O) groups is 2. The van der Waals surface area contributed by atoms with Crippen molar-refractivity contribution in [3.8, 4) is 0 Å². The van der Waals surface area contributed by atoms with Gasteiger partial charge in [0.15, 0.2) is 12.1 Å². The Bertz CT molecular complexity index is 1420. The summed E-state index contributed by atoms with van der Waals surface area (Å²) in [7, 11) is 0. The molecule has 0 bridgehead atoms. The number of hydrogen-bond acceptors (Lipinski definition) is 9. The molecule has 9 nitrogen and oxygen atoms in total. The Morgan fingerprint density at radius 3 is 1.57 bits per heavy atom. The van der Waals surface area contributed by atoms with E-state index in [2.05, 4.69) is 69.2 Å². The molecule has 1 aliphatic carbocycles. The molecule has 1 fully saturated rings. The molecule has 70 heavy (non-hydrogen) atoms. The SMILES string of the molecule is CC1=C(CCC(C)CCCC(C)CCCCC(C)CCCC(C)CCCC(C)CC[C@H](O)C(C)(C)O[C@@H]2O[C@@H](COC(=O)CCCCCCCCCCCC(C)C)[C@@H](O)[C@H](O)[C@H]2O)C(C)(C)CCC1=O. The zero-order valence-corrected chi connectivity index (χ0v) is 47.7. The van der Waals surface area contributed by atoms with E-state index < -0.39 is 42.4 Å². The van der Waals surface area contributed by atoms with Crippen LogP contribution in [0.25, 0.3) is 0 Å². The number of Topliss-reactive ketones (excluding diaryl/α,β-unsaturated/α-hetero) is 1. The van der Waals surface area contributed by atoms with Crippen molar-refractivity contribution in [2.45, 2.75) is 318 Å². The first-order chi connectivity index (χ1) is 33.0. The molecule has 1 aliphatic heterocycles. The topological polar surface area (TPSA) is 143 Å².